The fourth-order valence-corrected chi connectivity index (χ4v) is 2.42. The van der Waals surface area contributed by atoms with Crippen LogP contribution in [0.4, 0.5) is 11.4 Å². The standard InChI is InChI=1S/C20H22N2O4/c1-20(2,3)15-7-5-6-8-16(15)22-18(24)17(23)21-14-11-9-13(10-12-14)19(25)26-4/h5-12H,1-4H3,(H,21,23)(H,22,24). The number of benzene rings is 2. The summed E-state index contributed by atoms with van der Waals surface area (Å²) in [5.74, 6) is -2.03. The third kappa shape index (κ3) is 4.69. The molecule has 6 heteroatoms. The number of ether oxygens (including phenoxy) is 1. The van der Waals surface area contributed by atoms with Crippen LogP contribution in [-0.4, -0.2) is 24.9 Å². The number of nitrogens with one attached hydrogen (secondary N) is 2. The predicted molar refractivity (Wildman–Crippen MR) is 100 cm³/mol. The molecule has 0 atom stereocenters. The number of para-hydroxylation sites is 1. The van der Waals surface area contributed by atoms with Gasteiger partial charge in [0.05, 0.1) is 12.7 Å². The zero-order chi connectivity index (χ0) is 19.3. The Balaban J connectivity index is 2.07. The van der Waals surface area contributed by atoms with E-state index in [2.05, 4.69) is 15.4 Å². The fraction of sp³-hybridized carbons (Fsp3) is 0.250. The SMILES string of the molecule is COC(=O)c1ccc(NC(=O)C(=O)Nc2ccccc2C(C)(C)C)cc1. The van der Waals surface area contributed by atoms with Gasteiger partial charge in [-0.25, -0.2) is 4.79 Å². The van der Waals surface area contributed by atoms with Gasteiger partial charge in [0, 0.05) is 11.4 Å². The smallest absolute Gasteiger partial charge is 0.337 e. The van der Waals surface area contributed by atoms with E-state index >= 15 is 0 Å². The lowest BCUT2D eigenvalue weighted by Gasteiger charge is -2.22. The molecule has 136 valence electrons. The minimum Gasteiger partial charge on any atom is -0.465 e. The van der Waals surface area contributed by atoms with Crippen molar-refractivity contribution in [2.75, 3.05) is 17.7 Å². The molecular formula is C20H22N2O4. The van der Waals surface area contributed by atoms with E-state index in [1.165, 1.54) is 31.4 Å². The van der Waals surface area contributed by atoms with E-state index in [1.807, 2.05) is 32.9 Å². The minimum atomic E-state index is -0.792. The summed E-state index contributed by atoms with van der Waals surface area (Å²) in [4.78, 5) is 35.8. The van der Waals surface area contributed by atoms with Crippen molar-refractivity contribution in [3.63, 3.8) is 0 Å². The average molecular weight is 354 g/mol. The van der Waals surface area contributed by atoms with Crippen LogP contribution in [0.1, 0.15) is 36.7 Å². The molecule has 0 aromatic heterocycles. The molecular weight excluding hydrogens is 332 g/mol. The molecule has 0 bridgehead atoms. The molecule has 2 aromatic carbocycles. The Morgan fingerprint density at radius 2 is 1.42 bits per heavy atom. The number of carbonyl (C=O) groups is 3. The number of carbonyl (C=O) groups excluding carboxylic acids is 3. The van der Waals surface area contributed by atoms with Crippen molar-refractivity contribution < 1.29 is 19.1 Å². The van der Waals surface area contributed by atoms with Crippen molar-refractivity contribution in [3.8, 4) is 0 Å². The molecule has 2 amide bonds. The van der Waals surface area contributed by atoms with Crippen LogP contribution in [0.2, 0.25) is 0 Å². The van der Waals surface area contributed by atoms with E-state index in [-0.39, 0.29) is 5.41 Å². The fourth-order valence-electron chi connectivity index (χ4n) is 2.42. The molecule has 0 aliphatic heterocycles. The van der Waals surface area contributed by atoms with E-state index < -0.39 is 17.8 Å². The van der Waals surface area contributed by atoms with Gasteiger partial charge in [0.15, 0.2) is 0 Å². The van der Waals surface area contributed by atoms with Crippen LogP contribution in [0.25, 0.3) is 0 Å². The Bertz CT molecular complexity index is 820. The van der Waals surface area contributed by atoms with Crippen molar-refractivity contribution >= 4 is 29.2 Å². The van der Waals surface area contributed by atoms with E-state index in [9.17, 15) is 14.4 Å². The minimum absolute atomic E-state index is 0.177. The number of rotatable bonds is 3. The van der Waals surface area contributed by atoms with E-state index in [0.717, 1.165) is 5.56 Å². The van der Waals surface area contributed by atoms with Crippen LogP contribution in [0.3, 0.4) is 0 Å². The highest BCUT2D eigenvalue weighted by Crippen LogP contribution is 2.29. The van der Waals surface area contributed by atoms with Crippen molar-refractivity contribution in [1.29, 1.82) is 0 Å². The lowest BCUT2D eigenvalue weighted by atomic mass is 9.86. The van der Waals surface area contributed by atoms with Crippen LogP contribution in [-0.2, 0) is 19.7 Å². The van der Waals surface area contributed by atoms with E-state index in [4.69, 9.17) is 0 Å². The predicted octanol–water partition coefficient (Wildman–Crippen LogP) is 3.35. The number of hydrogen-bond acceptors (Lipinski definition) is 4. The van der Waals surface area contributed by atoms with Crippen LogP contribution in [0.5, 0.6) is 0 Å². The highest BCUT2D eigenvalue weighted by Gasteiger charge is 2.21. The molecule has 0 aliphatic rings. The molecule has 0 saturated heterocycles. The number of hydrogen-bond donors (Lipinski definition) is 2. The Morgan fingerprint density at radius 3 is 2.00 bits per heavy atom. The summed E-state index contributed by atoms with van der Waals surface area (Å²) in [6, 6.07) is 13.4. The van der Waals surface area contributed by atoms with Gasteiger partial charge in [-0.3, -0.25) is 9.59 Å². The monoisotopic (exact) mass is 354 g/mol. The first-order valence-electron chi connectivity index (χ1n) is 8.12. The Hall–Kier alpha value is -3.15. The third-order valence-electron chi connectivity index (χ3n) is 3.75. The Kier molecular flexibility index (Phi) is 5.77. The molecule has 0 radical (unpaired) electrons. The maximum Gasteiger partial charge on any atom is 0.337 e. The van der Waals surface area contributed by atoms with Gasteiger partial charge in [-0.2, -0.15) is 0 Å². The molecule has 0 unspecified atom stereocenters. The molecule has 2 aromatic rings. The summed E-state index contributed by atoms with van der Waals surface area (Å²) >= 11 is 0. The first-order chi connectivity index (χ1) is 12.2. The second-order valence-electron chi connectivity index (χ2n) is 6.77. The second-order valence-corrected chi connectivity index (χ2v) is 6.77. The quantitative estimate of drug-likeness (QED) is 0.654. The second kappa shape index (κ2) is 7.82. The summed E-state index contributed by atoms with van der Waals surface area (Å²) < 4.78 is 4.61. The number of anilines is 2. The highest BCUT2D eigenvalue weighted by molar-refractivity contribution is 6.43. The first-order valence-corrected chi connectivity index (χ1v) is 8.12. The molecule has 0 fully saturated rings. The lowest BCUT2D eigenvalue weighted by molar-refractivity contribution is -0.133. The van der Waals surface area contributed by atoms with Gasteiger partial charge in [-0.1, -0.05) is 39.0 Å². The van der Waals surface area contributed by atoms with Crippen LogP contribution < -0.4 is 10.6 Å². The lowest BCUT2D eigenvalue weighted by Crippen LogP contribution is -2.30. The molecule has 2 rings (SSSR count). The highest BCUT2D eigenvalue weighted by atomic mass is 16.5. The summed E-state index contributed by atoms with van der Waals surface area (Å²) in [5.41, 5.74) is 2.12. The largest absolute Gasteiger partial charge is 0.465 e. The van der Waals surface area contributed by atoms with Gasteiger partial charge >= 0.3 is 17.8 Å². The molecule has 0 aliphatic carbocycles. The molecule has 6 nitrogen and oxygen atoms in total. The van der Waals surface area contributed by atoms with Crippen molar-refractivity contribution in [3.05, 3.63) is 59.7 Å². The van der Waals surface area contributed by atoms with Crippen LogP contribution in [0, 0.1) is 0 Å². The number of amides is 2. The zero-order valence-corrected chi connectivity index (χ0v) is 15.3. The Labute approximate surface area is 152 Å². The topological polar surface area (TPSA) is 84.5 Å². The normalized spacial score (nSPS) is 10.8. The van der Waals surface area contributed by atoms with Crippen LogP contribution >= 0.6 is 0 Å². The molecule has 2 N–H and O–H groups in total. The van der Waals surface area contributed by atoms with Crippen LogP contribution in [0.15, 0.2) is 48.5 Å². The molecule has 0 saturated carbocycles. The summed E-state index contributed by atoms with van der Waals surface area (Å²) in [7, 11) is 1.29. The third-order valence-corrected chi connectivity index (χ3v) is 3.75. The van der Waals surface area contributed by atoms with Gasteiger partial charge in [0.1, 0.15) is 0 Å². The Morgan fingerprint density at radius 1 is 0.846 bits per heavy atom. The van der Waals surface area contributed by atoms with E-state index in [0.29, 0.717) is 16.9 Å². The average Bonchev–Trinajstić information content (AvgIpc) is 2.61. The van der Waals surface area contributed by atoms with Crippen molar-refractivity contribution in [2.45, 2.75) is 26.2 Å². The summed E-state index contributed by atoms with van der Waals surface area (Å²) in [5, 5.41) is 5.15. The maximum atomic E-state index is 12.2. The summed E-state index contributed by atoms with van der Waals surface area (Å²) in [6.45, 7) is 6.09. The van der Waals surface area contributed by atoms with Gasteiger partial charge < -0.3 is 15.4 Å². The van der Waals surface area contributed by atoms with Gasteiger partial charge in [-0.15, -0.1) is 0 Å². The van der Waals surface area contributed by atoms with E-state index in [1.54, 1.807) is 12.1 Å². The maximum absolute atomic E-state index is 12.2. The first kappa shape index (κ1) is 19.2. The number of methoxy groups -OCH3 is 1. The zero-order valence-electron chi connectivity index (χ0n) is 15.3. The molecule has 0 spiro atoms. The van der Waals surface area contributed by atoms with Gasteiger partial charge in [0.2, 0.25) is 0 Å². The molecule has 0 heterocycles. The van der Waals surface area contributed by atoms with Crippen molar-refractivity contribution in [2.24, 2.45) is 0 Å². The molecule has 26 heavy (non-hydrogen) atoms. The summed E-state index contributed by atoms with van der Waals surface area (Å²) in [6.07, 6.45) is 0. The number of esters is 1. The van der Waals surface area contributed by atoms with Gasteiger partial charge in [0.25, 0.3) is 0 Å². The van der Waals surface area contributed by atoms with Gasteiger partial charge in [-0.05, 0) is 41.3 Å². The van der Waals surface area contributed by atoms with Crippen molar-refractivity contribution in [1.82, 2.24) is 0 Å².